The maximum absolute atomic E-state index is 5.00. The minimum atomic E-state index is 1.40. The molecule has 0 aromatic heterocycles. The van der Waals surface area contributed by atoms with Gasteiger partial charge in [-0.05, 0) is 0 Å². The van der Waals surface area contributed by atoms with Gasteiger partial charge in [0, 0.05) is 26.2 Å². The average molecular weight is 99.1 g/mol. The van der Waals surface area contributed by atoms with E-state index in [1.165, 1.54) is 11.2 Å². The van der Waals surface area contributed by atoms with Crippen LogP contribution in [0, 0.1) is 0 Å². The van der Waals surface area contributed by atoms with Gasteiger partial charge in [0.05, 0.1) is 0 Å². The molecular formula is C4H9N3. The first-order chi connectivity index (χ1) is 3.31. The van der Waals surface area contributed by atoms with E-state index >= 15 is 0 Å². The predicted octanol–water partition coefficient (Wildman–Crippen LogP) is -0.0363. The van der Waals surface area contributed by atoms with E-state index in [2.05, 4.69) is 11.8 Å². The Morgan fingerprint density at radius 2 is 2.43 bits per heavy atom. The molecule has 0 aromatic carbocycles. The SMILES string of the molecule is C=NN(C)/C=C\N. The van der Waals surface area contributed by atoms with Crippen molar-refractivity contribution in [3.8, 4) is 0 Å². The number of hydrogen-bond acceptors (Lipinski definition) is 3. The summed E-state index contributed by atoms with van der Waals surface area (Å²) in [6, 6.07) is 0. The van der Waals surface area contributed by atoms with E-state index in [-0.39, 0.29) is 0 Å². The minimum Gasteiger partial charge on any atom is -0.403 e. The van der Waals surface area contributed by atoms with Gasteiger partial charge in [0.25, 0.3) is 0 Å². The van der Waals surface area contributed by atoms with E-state index in [0.29, 0.717) is 0 Å². The monoisotopic (exact) mass is 99.1 g/mol. The van der Waals surface area contributed by atoms with Crippen LogP contribution in [0.1, 0.15) is 0 Å². The van der Waals surface area contributed by atoms with Crippen molar-refractivity contribution in [2.24, 2.45) is 10.8 Å². The third-order valence-electron chi connectivity index (χ3n) is 0.525. The molecule has 0 amide bonds. The lowest BCUT2D eigenvalue weighted by atomic mass is 10.9. The van der Waals surface area contributed by atoms with Gasteiger partial charge in [0.2, 0.25) is 0 Å². The number of hydrogen-bond donors (Lipinski definition) is 1. The molecule has 0 rings (SSSR count). The molecule has 2 N–H and O–H groups in total. The summed E-state index contributed by atoms with van der Waals surface area (Å²) in [4.78, 5) is 0. The zero-order valence-electron chi connectivity index (χ0n) is 4.33. The third kappa shape index (κ3) is 2.82. The molecule has 0 radical (unpaired) electrons. The second kappa shape index (κ2) is 3.21. The maximum atomic E-state index is 5.00. The Balaban J connectivity index is 3.35. The van der Waals surface area contributed by atoms with E-state index in [1.54, 1.807) is 13.2 Å². The van der Waals surface area contributed by atoms with Gasteiger partial charge in [-0.25, -0.2) is 0 Å². The minimum absolute atomic E-state index is 1.40. The van der Waals surface area contributed by atoms with E-state index < -0.39 is 0 Å². The molecule has 40 valence electrons. The highest BCUT2D eigenvalue weighted by Crippen LogP contribution is 1.77. The van der Waals surface area contributed by atoms with Gasteiger partial charge in [0.15, 0.2) is 0 Å². The van der Waals surface area contributed by atoms with Gasteiger partial charge in [-0.15, -0.1) is 0 Å². The molecule has 0 aliphatic carbocycles. The fourth-order valence-electron chi connectivity index (χ4n) is 0.172. The summed E-state index contributed by atoms with van der Waals surface area (Å²) < 4.78 is 0. The summed E-state index contributed by atoms with van der Waals surface area (Å²) in [7, 11) is 1.75. The van der Waals surface area contributed by atoms with Crippen molar-refractivity contribution in [3.05, 3.63) is 12.4 Å². The highest BCUT2D eigenvalue weighted by molar-refractivity contribution is 5.22. The van der Waals surface area contributed by atoms with Gasteiger partial charge in [-0.3, -0.25) is 5.01 Å². The molecule has 0 bridgehead atoms. The Kier molecular flexibility index (Phi) is 2.76. The quantitative estimate of drug-likeness (QED) is 0.390. The van der Waals surface area contributed by atoms with E-state index in [9.17, 15) is 0 Å². The largest absolute Gasteiger partial charge is 0.403 e. The van der Waals surface area contributed by atoms with Gasteiger partial charge < -0.3 is 5.73 Å². The second-order valence-corrected chi connectivity index (χ2v) is 1.06. The van der Waals surface area contributed by atoms with Crippen LogP contribution in [-0.2, 0) is 0 Å². The number of nitrogens with two attached hydrogens (primary N) is 1. The van der Waals surface area contributed by atoms with Crippen LogP contribution >= 0.6 is 0 Å². The molecule has 0 saturated carbocycles. The average Bonchev–Trinajstić information content (AvgIpc) is 1.68. The summed E-state index contributed by atoms with van der Waals surface area (Å²) in [5, 5.41) is 5.01. The first kappa shape index (κ1) is 6.01. The topological polar surface area (TPSA) is 41.6 Å². The van der Waals surface area contributed by atoms with Gasteiger partial charge in [0.1, 0.15) is 0 Å². The lowest BCUT2D eigenvalue weighted by Gasteiger charge is -2.00. The smallest absolute Gasteiger partial charge is 0.0383 e. The lowest BCUT2D eigenvalue weighted by Crippen LogP contribution is -1.99. The molecule has 0 saturated heterocycles. The molecule has 3 heteroatoms. The van der Waals surface area contributed by atoms with Crippen LogP contribution in [-0.4, -0.2) is 18.8 Å². The van der Waals surface area contributed by atoms with Crippen molar-refractivity contribution >= 4 is 6.72 Å². The third-order valence-corrected chi connectivity index (χ3v) is 0.525. The molecule has 0 aromatic rings. The lowest BCUT2D eigenvalue weighted by molar-refractivity contribution is 0.494. The van der Waals surface area contributed by atoms with Crippen molar-refractivity contribution in [2.75, 3.05) is 7.05 Å². The van der Waals surface area contributed by atoms with Crippen molar-refractivity contribution in [1.29, 1.82) is 0 Å². The zero-order valence-corrected chi connectivity index (χ0v) is 4.33. The van der Waals surface area contributed by atoms with Crippen molar-refractivity contribution in [1.82, 2.24) is 5.01 Å². The fraction of sp³-hybridized carbons (Fsp3) is 0.250. The summed E-state index contributed by atoms with van der Waals surface area (Å²) >= 11 is 0. The highest BCUT2D eigenvalue weighted by Gasteiger charge is 1.72. The Bertz CT molecular complexity index is 77.0. The summed E-state index contributed by atoms with van der Waals surface area (Å²) in [5.74, 6) is 0. The summed E-state index contributed by atoms with van der Waals surface area (Å²) in [5.41, 5.74) is 5.00. The molecule has 0 heterocycles. The van der Waals surface area contributed by atoms with Gasteiger partial charge in [-0.2, -0.15) is 5.10 Å². The van der Waals surface area contributed by atoms with Gasteiger partial charge in [-0.1, -0.05) is 0 Å². The number of hydrazone groups is 1. The predicted molar refractivity (Wildman–Crippen MR) is 30.6 cm³/mol. The molecule has 0 atom stereocenters. The first-order valence-corrected chi connectivity index (χ1v) is 1.89. The van der Waals surface area contributed by atoms with Crippen molar-refractivity contribution < 1.29 is 0 Å². The molecular weight excluding hydrogens is 90.1 g/mol. The van der Waals surface area contributed by atoms with E-state index in [0.717, 1.165) is 0 Å². The van der Waals surface area contributed by atoms with Crippen LogP contribution in [0.25, 0.3) is 0 Å². The molecule has 0 fully saturated rings. The Labute approximate surface area is 43.1 Å². The standard InChI is InChI=1S/C4H9N3/c1-6-7(2)4-3-5/h3-4H,1,5H2,2H3/b4-3-. The molecule has 0 unspecified atom stereocenters. The zero-order chi connectivity index (χ0) is 5.70. The van der Waals surface area contributed by atoms with E-state index in [1.807, 2.05) is 0 Å². The van der Waals surface area contributed by atoms with E-state index in [4.69, 9.17) is 5.73 Å². The Hall–Kier alpha value is -0.990. The maximum Gasteiger partial charge on any atom is 0.0383 e. The van der Waals surface area contributed by atoms with Crippen molar-refractivity contribution in [2.45, 2.75) is 0 Å². The van der Waals surface area contributed by atoms with Gasteiger partial charge >= 0.3 is 0 Å². The normalized spacial score (nSPS) is 9.29. The van der Waals surface area contributed by atoms with Crippen LogP contribution in [0.2, 0.25) is 0 Å². The van der Waals surface area contributed by atoms with Crippen LogP contribution in [0.15, 0.2) is 17.5 Å². The Morgan fingerprint density at radius 1 is 1.86 bits per heavy atom. The summed E-state index contributed by atoms with van der Waals surface area (Å²) in [6.45, 7) is 3.25. The summed E-state index contributed by atoms with van der Waals surface area (Å²) in [6.07, 6.45) is 3.00. The first-order valence-electron chi connectivity index (χ1n) is 1.89. The fourth-order valence-corrected chi connectivity index (χ4v) is 0.172. The van der Waals surface area contributed by atoms with Crippen LogP contribution in [0.5, 0.6) is 0 Å². The second-order valence-electron chi connectivity index (χ2n) is 1.06. The molecule has 7 heavy (non-hydrogen) atoms. The Morgan fingerprint density at radius 3 is 2.57 bits per heavy atom. The number of nitrogens with zero attached hydrogens (tertiary/aromatic N) is 2. The van der Waals surface area contributed by atoms with Crippen LogP contribution in [0.3, 0.4) is 0 Å². The molecule has 0 aliphatic rings. The van der Waals surface area contributed by atoms with Crippen molar-refractivity contribution in [3.63, 3.8) is 0 Å². The van der Waals surface area contributed by atoms with Crippen LogP contribution < -0.4 is 5.73 Å². The molecule has 3 nitrogen and oxygen atoms in total. The highest BCUT2D eigenvalue weighted by atomic mass is 15.4. The van der Waals surface area contributed by atoms with Crippen LogP contribution in [0.4, 0.5) is 0 Å². The molecule has 0 spiro atoms. The molecule has 0 aliphatic heterocycles. The number of rotatable bonds is 2.